The highest BCUT2D eigenvalue weighted by atomic mass is 32.2. The minimum absolute atomic E-state index is 0.329. The molecule has 0 aliphatic carbocycles. The molecule has 2 nitrogen and oxygen atoms in total. The Morgan fingerprint density at radius 1 is 1.16 bits per heavy atom. The molecule has 2 rings (SSSR count). The van der Waals surface area contributed by atoms with E-state index in [0.29, 0.717) is 11.8 Å². The Morgan fingerprint density at radius 3 is 2.68 bits per heavy atom. The number of rotatable bonds is 5. The van der Waals surface area contributed by atoms with E-state index < -0.39 is 0 Å². The minimum atomic E-state index is 0.329. The lowest BCUT2D eigenvalue weighted by atomic mass is 10.1. The lowest BCUT2D eigenvalue weighted by molar-refractivity contribution is 0.475. The number of thioether (sulfide) groups is 1. The van der Waals surface area contributed by atoms with Gasteiger partial charge in [-0.25, -0.2) is 0 Å². The molecule has 0 spiro atoms. The molecule has 2 aromatic rings. The smallest absolute Gasteiger partial charge is 0.115 e. The second-order valence-electron chi connectivity index (χ2n) is 4.54. The first-order valence-corrected chi connectivity index (χ1v) is 7.35. The van der Waals surface area contributed by atoms with Gasteiger partial charge in [0.25, 0.3) is 0 Å². The van der Waals surface area contributed by atoms with E-state index in [1.165, 1.54) is 10.5 Å². The largest absolute Gasteiger partial charge is 0.508 e. The van der Waals surface area contributed by atoms with Crippen LogP contribution in [0.2, 0.25) is 0 Å². The summed E-state index contributed by atoms with van der Waals surface area (Å²) in [6, 6.07) is 16.4. The molecule has 3 heteroatoms. The monoisotopic (exact) mass is 273 g/mol. The third kappa shape index (κ3) is 4.01. The molecule has 100 valence electrons. The summed E-state index contributed by atoms with van der Waals surface area (Å²) in [5.74, 6) is 1.20. The summed E-state index contributed by atoms with van der Waals surface area (Å²) in [6.07, 6.45) is 0. The maximum absolute atomic E-state index is 9.44. The third-order valence-corrected chi connectivity index (χ3v) is 4.17. The number of hydrogen-bond donors (Lipinski definition) is 2. The zero-order valence-corrected chi connectivity index (χ0v) is 12.1. The summed E-state index contributed by atoms with van der Waals surface area (Å²) >= 11 is 1.79. The molecule has 0 bridgehead atoms. The Morgan fingerprint density at radius 2 is 1.95 bits per heavy atom. The van der Waals surface area contributed by atoms with Gasteiger partial charge in [0.05, 0.1) is 0 Å². The average molecular weight is 273 g/mol. The Kier molecular flexibility index (Phi) is 4.88. The SMILES string of the molecule is CNC(C)c1cccc(SCc2cccc(O)c2)c1. The third-order valence-electron chi connectivity index (χ3n) is 3.11. The van der Waals surface area contributed by atoms with Crippen LogP contribution in [0.1, 0.15) is 24.1 Å². The number of benzene rings is 2. The van der Waals surface area contributed by atoms with E-state index in [4.69, 9.17) is 0 Å². The number of aromatic hydroxyl groups is 1. The predicted molar refractivity (Wildman–Crippen MR) is 81.6 cm³/mol. The van der Waals surface area contributed by atoms with Gasteiger partial charge in [-0.1, -0.05) is 24.3 Å². The molecule has 0 amide bonds. The van der Waals surface area contributed by atoms with Gasteiger partial charge in [0, 0.05) is 16.7 Å². The maximum atomic E-state index is 9.44. The van der Waals surface area contributed by atoms with E-state index in [9.17, 15) is 5.11 Å². The van der Waals surface area contributed by atoms with Crippen LogP contribution in [0.3, 0.4) is 0 Å². The first-order valence-electron chi connectivity index (χ1n) is 6.37. The van der Waals surface area contributed by atoms with Gasteiger partial charge in [-0.2, -0.15) is 0 Å². The van der Waals surface area contributed by atoms with E-state index in [0.717, 1.165) is 11.3 Å². The van der Waals surface area contributed by atoms with E-state index in [1.54, 1.807) is 17.8 Å². The zero-order valence-electron chi connectivity index (χ0n) is 11.3. The second kappa shape index (κ2) is 6.64. The molecule has 1 unspecified atom stereocenters. The summed E-state index contributed by atoms with van der Waals surface area (Å²) in [5.41, 5.74) is 2.43. The molecule has 0 heterocycles. The fourth-order valence-electron chi connectivity index (χ4n) is 1.85. The number of phenolic OH excluding ortho intramolecular Hbond substituents is 1. The standard InChI is InChI=1S/C16H19NOS/c1-12(17-2)14-6-4-8-16(10-14)19-11-13-5-3-7-15(18)9-13/h3-10,12,17-18H,11H2,1-2H3. The van der Waals surface area contributed by atoms with Crippen molar-refractivity contribution >= 4 is 11.8 Å². The first-order chi connectivity index (χ1) is 9.19. The van der Waals surface area contributed by atoms with E-state index in [1.807, 2.05) is 25.2 Å². The maximum Gasteiger partial charge on any atom is 0.115 e. The average Bonchev–Trinajstić information content (AvgIpc) is 2.45. The fraction of sp³-hybridized carbons (Fsp3) is 0.250. The quantitative estimate of drug-likeness (QED) is 0.809. The topological polar surface area (TPSA) is 32.3 Å². The molecule has 0 aliphatic heterocycles. The number of hydrogen-bond acceptors (Lipinski definition) is 3. The molecular weight excluding hydrogens is 254 g/mol. The van der Waals surface area contributed by atoms with Crippen LogP contribution < -0.4 is 5.32 Å². The van der Waals surface area contributed by atoms with E-state index in [2.05, 4.69) is 36.5 Å². The van der Waals surface area contributed by atoms with Crippen LogP contribution in [0.15, 0.2) is 53.4 Å². The van der Waals surface area contributed by atoms with Gasteiger partial charge in [0.1, 0.15) is 5.75 Å². The summed E-state index contributed by atoms with van der Waals surface area (Å²) in [5, 5.41) is 12.7. The lowest BCUT2D eigenvalue weighted by Gasteiger charge is -2.11. The van der Waals surface area contributed by atoms with Crippen LogP contribution in [-0.4, -0.2) is 12.2 Å². The van der Waals surface area contributed by atoms with E-state index >= 15 is 0 Å². The van der Waals surface area contributed by atoms with Crippen molar-refractivity contribution in [3.05, 3.63) is 59.7 Å². The summed E-state index contributed by atoms with van der Waals surface area (Å²) < 4.78 is 0. The van der Waals surface area contributed by atoms with E-state index in [-0.39, 0.29) is 0 Å². The number of phenols is 1. The Hall–Kier alpha value is -1.45. The van der Waals surface area contributed by atoms with Gasteiger partial charge in [-0.05, 0) is 49.4 Å². The zero-order chi connectivity index (χ0) is 13.7. The normalized spacial score (nSPS) is 12.3. The second-order valence-corrected chi connectivity index (χ2v) is 5.59. The summed E-state index contributed by atoms with van der Waals surface area (Å²) in [6.45, 7) is 2.15. The number of nitrogens with one attached hydrogen (secondary N) is 1. The van der Waals surface area contributed by atoms with Crippen molar-refractivity contribution in [1.29, 1.82) is 0 Å². The molecule has 0 aromatic heterocycles. The van der Waals surface area contributed by atoms with Crippen molar-refractivity contribution in [2.24, 2.45) is 0 Å². The molecule has 0 saturated heterocycles. The molecule has 0 fully saturated rings. The highest BCUT2D eigenvalue weighted by Crippen LogP contribution is 2.26. The molecule has 2 aromatic carbocycles. The molecule has 0 aliphatic rings. The van der Waals surface area contributed by atoms with Gasteiger partial charge in [-0.15, -0.1) is 11.8 Å². The van der Waals surface area contributed by atoms with Crippen LogP contribution in [0, 0.1) is 0 Å². The van der Waals surface area contributed by atoms with Crippen LogP contribution in [-0.2, 0) is 5.75 Å². The van der Waals surface area contributed by atoms with Crippen LogP contribution in [0.5, 0.6) is 5.75 Å². The van der Waals surface area contributed by atoms with Crippen molar-refractivity contribution in [2.45, 2.75) is 23.6 Å². The van der Waals surface area contributed by atoms with Crippen molar-refractivity contribution < 1.29 is 5.11 Å². The van der Waals surface area contributed by atoms with Gasteiger partial charge in [0.2, 0.25) is 0 Å². The Bertz CT molecular complexity index is 542. The van der Waals surface area contributed by atoms with Crippen molar-refractivity contribution in [1.82, 2.24) is 5.32 Å². The highest BCUT2D eigenvalue weighted by Gasteiger charge is 2.04. The minimum Gasteiger partial charge on any atom is -0.508 e. The van der Waals surface area contributed by atoms with Crippen molar-refractivity contribution in [2.75, 3.05) is 7.05 Å². The van der Waals surface area contributed by atoms with Crippen molar-refractivity contribution in [3.63, 3.8) is 0 Å². The van der Waals surface area contributed by atoms with Gasteiger partial charge >= 0.3 is 0 Å². The Balaban J connectivity index is 2.03. The van der Waals surface area contributed by atoms with Crippen LogP contribution >= 0.6 is 11.8 Å². The van der Waals surface area contributed by atoms with Crippen LogP contribution in [0.4, 0.5) is 0 Å². The fourth-order valence-corrected chi connectivity index (χ4v) is 2.76. The van der Waals surface area contributed by atoms with Gasteiger partial charge in [0.15, 0.2) is 0 Å². The molecule has 1 atom stereocenters. The predicted octanol–water partition coefficient (Wildman–Crippen LogP) is 3.96. The lowest BCUT2D eigenvalue weighted by Crippen LogP contribution is -2.11. The molecule has 0 saturated carbocycles. The van der Waals surface area contributed by atoms with Crippen LogP contribution in [0.25, 0.3) is 0 Å². The van der Waals surface area contributed by atoms with Crippen molar-refractivity contribution in [3.8, 4) is 5.75 Å². The summed E-state index contributed by atoms with van der Waals surface area (Å²) in [7, 11) is 1.97. The summed E-state index contributed by atoms with van der Waals surface area (Å²) in [4.78, 5) is 1.25. The van der Waals surface area contributed by atoms with Gasteiger partial charge in [-0.3, -0.25) is 0 Å². The molecule has 2 N–H and O–H groups in total. The molecular formula is C16H19NOS. The van der Waals surface area contributed by atoms with Gasteiger partial charge < -0.3 is 10.4 Å². The highest BCUT2D eigenvalue weighted by molar-refractivity contribution is 7.98. The molecule has 19 heavy (non-hydrogen) atoms. The first kappa shape index (κ1) is 14.0. The Labute approximate surface area is 118 Å². The molecule has 0 radical (unpaired) electrons.